The summed E-state index contributed by atoms with van der Waals surface area (Å²) < 4.78 is 0. The maximum absolute atomic E-state index is 8.95. The van der Waals surface area contributed by atoms with Gasteiger partial charge in [0.25, 0.3) is 0 Å². The van der Waals surface area contributed by atoms with Gasteiger partial charge in [-0.25, -0.2) is 0 Å². The van der Waals surface area contributed by atoms with Crippen molar-refractivity contribution in [2.24, 2.45) is 0 Å². The van der Waals surface area contributed by atoms with E-state index in [0.29, 0.717) is 6.42 Å². The van der Waals surface area contributed by atoms with Crippen molar-refractivity contribution in [3.8, 4) is 6.07 Å². The van der Waals surface area contributed by atoms with Gasteiger partial charge in [-0.15, -0.1) is 0 Å². The van der Waals surface area contributed by atoms with E-state index in [1.165, 1.54) is 27.3 Å². The Morgan fingerprint density at radius 2 is 1.60 bits per heavy atom. The lowest BCUT2D eigenvalue weighted by atomic mass is 10.1. The van der Waals surface area contributed by atoms with E-state index in [4.69, 9.17) is 5.26 Å². The molecule has 2 aromatic carbocycles. The van der Waals surface area contributed by atoms with Crippen molar-refractivity contribution in [2.75, 3.05) is 6.16 Å². The summed E-state index contributed by atoms with van der Waals surface area (Å²) in [6, 6.07) is 17.4. The Balaban J connectivity index is 2.50. The molecule has 1 atom stereocenters. The van der Waals surface area contributed by atoms with Crippen LogP contribution in [-0.2, 0) is 0 Å². The monoisotopic (exact) mass is 281 g/mol. The number of nitriles is 1. The molecule has 0 fully saturated rings. The van der Waals surface area contributed by atoms with Crippen LogP contribution in [0.3, 0.4) is 0 Å². The summed E-state index contributed by atoms with van der Waals surface area (Å²) in [4.78, 5) is 0. The van der Waals surface area contributed by atoms with Gasteiger partial charge >= 0.3 is 0 Å². The molecular weight excluding hydrogens is 261 g/mol. The van der Waals surface area contributed by atoms with Gasteiger partial charge in [-0.1, -0.05) is 48.0 Å². The number of hydrogen-bond donors (Lipinski definition) is 0. The summed E-state index contributed by atoms with van der Waals surface area (Å²) in [5, 5.41) is 11.8. The Morgan fingerprint density at radius 1 is 1.00 bits per heavy atom. The lowest BCUT2D eigenvalue weighted by Crippen LogP contribution is -2.19. The fourth-order valence-corrected chi connectivity index (χ4v) is 5.31. The summed E-state index contributed by atoms with van der Waals surface area (Å²) in [6.07, 6.45) is 1.56. The quantitative estimate of drug-likeness (QED) is 0.778. The molecule has 0 aliphatic heterocycles. The molecule has 2 heteroatoms. The summed E-state index contributed by atoms with van der Waals surface area (Å²) in [6.45, 7) is 6.53. The SMILES string of the molecule is Cc1cc(C)c(P(CCC#N)c2ccccc2)c(C)c1. The molecule has 0 amide bonds. The molecule has 2 rings (SSSR count). The predicted octanol–water partition coefficient (Wildman–Crippen LogP) is 3.96. The smallest absolute Gasteiger partial charge is 0.0625 e. The van der Waals surface area contributed by atoms with Crippen molar-refractivity contribution in [2.45, 2.75) is 27.2 Å². The van der Waals surface area contributed by atoms with E-state index in [1.807, 2.05) is 0 Å². The molecule has 0 spiro atoms. The van der Waals surface area contributed by atoms with Crippen LogP contribution < -0.4 is 10.6 Å². The third-order valence-electron chi connectivity index (χ3n) is 3.42. The van der Waals surface area contributed by atoms with Crippen LogP contribution in [0.15, 0.2) is 42.5 Å². The molecule has 20 heavy (non-hydrogen) atoms. The highest BCUT2D eigenvalue weighted by Gasteiger charge is 2.17. The number of hydrogen-bond acceptors (Lipinski definition) is 1. The summed E-state index contributed by atoms with van der Waals surface area (Å²) >= 11 is 0. The number of benzene rings is 2. The topological polar surface area (TPSA) is 23.8 Å². The molecule has 0 N–H and O–H groups in total. The summed E-state index contributed by atoms with van der Waals surface area (Å²) in [5.74, 6) is 0. The third kappa shape index (κ3) is 3.27. The Bertz CT molecular complexity index is 603. The maximum atomic E-state index is 8.95. The van der Waals surface area contributed by atoms with E-state index in [2.05, 4.69) is 69.3 Å². The maximum Gasteiger partial charge on any atom is 0.0625 e. The van der Waals surface area contributed by atoms with Gasteiger partial charge in [0.15, 0.2) is 0 Å². The lowest BCUT2D eigenvalue weighted by Gasteiger charge is -2.22. The van der Waals surface area contributed by atoms with Crippen molar-refractivity contribution in [1.82, 2.24) is 0 Å². The highest BCUT2D eigenvalue weighted by atomic mass is 31.1. The first-order chi connectivity index (χ1) is 9.63. The van der Waals surface area contributed by atoms with Gasteiger partial charge in [0.1, 0.15) is 0 Å². The van der Waals surface area contributed by atoms with Crippen molar-refractivity contribution in [1.29, 1.82) is 5.26 Å². The second-order valence-electron chi connectivity index (χ2n) is 5.14. The Morgan fingerprint density at radius 3 is 2.15 bits per heavy atom. The van der Waals surface area contributed by atoms with E-state index in [1.54, 1.807) is 0 Å². The van der Waals surface area contributed by atoms with Gasteiger partial charge in [-0.05, 0) is 56.6 Å². The van der Waals surface area contributed by atoms with E-state index in [9.17, 15) is 0 Å². The van der Waals surface area contributed by atoms with E-state index < -0.39 is 7.92 Å². The van der Waals surface area contributed by atoms with Crippen LogP contribution >= 0.6 is 7.92 Å². The van der Waals surface area contributed by atoms with Crippen LogP contribution in [-0.4, -0.2) is 6.16 Å². The van der Waals surface area contributed by atoms with Crippen molar-refractivity contribution < 1.29 is 0 Å². The zero-order chi connectivity index (χ0) is 14.5. The first-order valence-electron chi connectivity index (χ1n) is 6.91. The first-order valence-corrected chi connectivity index (χ1v) is 8.43. The molecule has 2 aromatic rings. The Kier molecular flexibility index (Phi) is 4.94. The Labute approximate surface area is 123 Å². The summed E-state index contributed by atoms with van der Waals surface area (Å²) in [7, 11) is -0.433. The Hall–Kier alpha value is -1.64. The normalized spacial score (nSPS) is 11.9. The van der Waals surface area contributed by atoms with E-state index >= 15 is 0 Å². The van der Waals surface area contributed by atoms with Gasteiger partial charge < -0.3 is 0 Å². The summed E-state index contributed by atoms with van der Waals surface area (Å²) in [5.41, 5.74) is 4.03. The van der Waals surface area contributed by atoms with Gasteiger partial charge in [0.2, 0.25) is 0 Å². The number of aryl methyl sites for hydroxylation is 3. The molecule has 1 unspecified atom stereocenters. The van der Waals surface area contributed by atoms with Crippen LogP contribution in [0.25, 0.3) is 0 Å². The molecular formula is C18H20NP. The largest absolute Gasteiger partial charge is 0.198 e. The molecule has 0 bridgehead atoms. The predicted molar refractivity (Wildman–Crippen MR) is 88.4 cm³/mol. The van der Waals surface area contributed by atoms with E-state index in [0.717, 1.165) is 6.16 Å². The van der Waals surface area contributed by atoms with Crippen molar-refractivity contribution in [3.63, 3.8) is 0 Å². The highest BCUT2D eigenvalue weighted by molar-refractivity contribution is 7.73. The van der Waals surface area contributed by atoms with Gasteiger partial charge in [0.05, 0.1) is 6.07 Å². The van der Waals surface area contributed by atoms with Crippen molar-refractivity contribution >= 4 is 18.5 Å². The molecule has 0 radical (unpaired) electrons. The molecule has 0 heterocycles. The van der Waals surface area contributed by atoms with Gasteiger partial charge in [0, 0.05) is 6.42 Å². The molecule has 0 saturated carbocycles. The second kappa shape index (κ2) is 6.69. The van der Waals surface area contributed by atoms with Gasteiger partial charge in [-0.2, -0.15) is 5.26 Å². The first kappa shape index (κ1) is 14.8. The van der Waals surface area contributed by atoms with Crippen LogP contribution in [0.2, 0.25) is 0 Å². The average molecular weight is 281 g/mol. The molecule has 102 valence electrons. The number of rotatable bonds is 4. The molecule has 0 aromatic heterocycles. The van der Waals surface area contributed by atoms with E-state index in [-0.39, 0.29) is 0 Å². The minimum absolute atomic E-state index is 0.433. The lowest BCUT2D eigenvalue weighted by molar-refractivity contribution is 1.23. The van der Waals surface area contributed by atoms with Crippen molar-refractivity contribution in [3.05, 3.63) is 59.2 Å². The van der Waals surface area contributed by atoms with Crippen LogP contribution in [0.5, 0.6) is 0 Å². The fraction of sp³-hybridized carbons (Fsp3) is 0.278. The van der Waals surface area contributed by atoms with Crippen LogP contribution in [0, 0.1) is 32.1 Å². The van der Waals surface area contributed by atoms with Crippen LogP contribution in [0.4, 0.5) is 0 Å². The zero-order valence-electron chi connectivity index (χ0n) is 12.4. The third-order valence-corrected chi connectivity index (χ3v) is 6.26. The standard InChI is InChI=1S/C18H20NP/c1-14-12-15(2)18(16(3)13-14)20(11-7-10-19)17-8-5-4-6-9-17/h4-6,8-9,12-13H,7,11H2,1-3H3. The highest BCUT2D eigenvalue weighted by Crippen LogP contribution is 2.37. The minimum atomic E-state index is -0.433. The zero-order valence-corrected chi connectivity index (χ0v) is 13.2. The average Bonchev–Trinajstić information content (AvgIpc) is 2.42. The number of nitrogens with zero attached hydrogens (tertiary/aromatic N) is 1. The van der Waals surface area contributed by atoms with Gasteiger partial charge in [-0.3, -0.25) is 0 Å². The van der Waals surface area contributed by atoms with Crippen LogP contribution in [0.1, 0.15) is 23.1 Å². The molecule has 1 nitrogen and oxygen atoms in total. The fourth-order valence-electron chi connectivity index (χ4n) is 2.74. The minimum Gasteiger partial charge on any atom is -0.198 e. The molecule has 0 aliphatic carbocycles. The second-order valence-corrected chi connectivity index (χ2v) is 7.41. The molecule has 0 saturated heterocycles. The molecule has 0 aliphatic rings.